The summed E-state index contributed by atoms with van der Waals surface area (Å²) < 4.78 is 26.2. The molecule has 1 aromatic carbocycles. The Hall–Kier alpha value is -1.05. The van der Waals surface area contributed by atoms with Crippen molar-refractivity contribution >= 4 is 44.0 Å². The van der Waals surface area contributed by atoms with Crippen LogP contribution in [0, 0.1) is 5.82 Å². The first kappa shape index (κ1) is 14.4. The van der Waals surface area contributed by atoms with Crippen molar-refractivity contribution in [1.29, 1.82) is 0 Å². The zero-order valence-electron chi connectivity index (χ0n) is 9.43. The Balaban J connectivity index is 2.27. The molecule has 1 heterocycles. The average molecular weight is 363 g/mol. The second-order valence-electron chi connectivity index (χ2n) is 3.63. The second kappa shape index (κ2) is 5.94. The van der Waals surface area contributed by atoms with Crippen molar-refractivity contribution in [3.8, 4) is 0 Å². The predicted molar refractivity (Wildman–Crippen MR) is 75.5 cm³/mol. The summed E-state index contributed by atoms with van der Waals surface area (Å²) in [6.45, 7) is 0. The van der Waals surface area contributed by atoms with E-state index in [0.717, 1.165) is 21.5 Å². The van der Waals surface area contributed by atoms with Gasteiger partial charge in [0.25, 0.3) is 0 Å². The van der Waals surface area contributed by atoms with Crippen molar-refractivity contribution in [1.82, 2.24) is 0 Å². The van der Waals surface area contributed by atoms with Gasteiger partial charge >= 0.3 is 5.97 Å². The summed E-state index contributed by atoms with van der Waals surface area (Å²) in [4.78, 5) is 12.0. The van der Waals surface area contributed by atoms with E-state index in [9.17, 15) is 13.4 Å². The van der Waals surface area contributed by atoms with E-state index in [1.807, 2.05) is 11.4 Å². The topological polar surface area (TPSA) is 54.4 Å². The van der Waals surface area contributed by atoms with E-state index in [4.69, 9.17) is 5.11 Å². The van der Waals surface area contributed by atoms with Gasteiger partial charge in [-0.25, -0.2) is 9.18 Å². The van der Waals surface area contributed by atoms with Crippen molar-refractivity contribution < 1.29 is 18.5 Å². The van der Waals surface area contributed by atoms with Gasteiger partial charge in [0.1, 0.15) is 5.82 Å². The minimum Gasteiger partial charge on any atom is -0.478 e. The number of carbonyl (C=O) groups is 1. The van der Waals surface area contributed by atoms with E-state index < -0.39 is 28.1 Å². The maximum atomic E-state index is 13.2. The van der Waals surface area contributed by atoms with Crippen LogP contribution in [-0.4, -0.2) is 15.3 Å². The Morgan fingerprint density at radius 3 is 2.74 bits per heavy atom. The van der Waals surface area contributed by atoms with Crippen LogP contribution in [0.5, 0.6) is 0 Å². The van der Waals surface area contributed by atoms with Crippen LogP contribution in [-0.2, 0) is 16.6 Å². The Bertz CT molecular complexity index is 654. The van der Waals surface area contributed by atoms with Gasteiger partial charge in [0, 0.05) is 14.2 Å². The fourth-order valence-corrected chi connectivity index (χ4v) is 4.53. The van der Waals surface area contributed by atoms with Crippen molar-refractivity contribution in [3.05, 3.63) is 50.4 Å². The van der Waals surface area contributed by atoms with Crippen LogP contribution >= 0.6 is 27.3 Å². The molecule has 0 fully saturated rings. The molecule has 7 heteroatoms. The fourth-order valence-electron chi connectivity index (χ4n) is 1.44. The van der Waals surface area contributed by atoms with Crippen molar-refractivity contribution in [2.24, 2.45) is 0 Å². The van der Waals surface area contributed by atoms with Gasteiger partial charge in [0.15, 0.2) is 0 Å². The molecule has 100 valence electrons. The van der Waals surface area contributed by atoms with Crippen LogP contribution in [0.2, 0.25) is 0 Å². The fraction of sp³-hybridized carbons (Fsp3) is 0.0833. The molecule has 0 spiro atoms. The first-order valence-corrected chi connectivity index (χ1v) is 8.11. The van der Waals surface area contributed by atoms with Gasteiger partial charge in [0.05, 0.1) is 22.1 Å². The van der Waals surface area contributed by atoms with Crippen LogP contribution in [0.15, 0.2) is 39.0 Å². The molecule has 19 heavy (non-hydrogen) atoms. The number of carboxylic acids is 1. The van der Waals surface area contributed by atoms with Crippen molar-refractivity contribution in [2.75, 3.05) is 0 Å². The number of hydrogen-bond donors (Lipinski definition) is 1. The smallest absolute Gasteiger partial charge is 0.338 e. The summed E-state index contributed by atoms with van der Waals surface area (Å²) in [5, 5.41) is 10.7. The van der Waals surface area contributed by atoms with Crippen molar-refractivity contribution in [2.45, 2.75) is 10.6 Å². The molecule has 0 aliphatic carbocycles. The van der Waals surface area contributed by atoms with Gasteiger partial charge in [-0.1, -0.05) is 0 Å². The molecular weight excluding hydrogens is 355 g/mol. The van der Waals surface area contributed by atoms with Gasteiger partial charge in [-0.15, -0.1) is 11.3 Å². The van der Waals surface area contributed by atoms with E-state index >= 15 is 0 Å². The molecule has 0 saturated carbocycles. The summed E-state index contributed by atoms with van der Waals surface area (Å²) in [6, 6.07) is 5.35. The number of halogens is 2. The highest BCUT2D eigenvalue weighted by Crippen LogP contribution is 2.26. The van der Waals surface area contributed by atoms with E-state index in [-0.39, 0.29) is 5.75 Å². The average Bonchev–Trinajstić information content (AvgIpc) is 2.75. The Labute approximate surface area is 123 Å². The Morgan fingerprint density at radius 1 is 1.42 bits per heavy atom. The number of rotatable bonds is 4. The molecule has 1 aromatic heterocycles. The standard InChI is InChI=1S/C12H8BrFO3S2/c13-9-3-4-18-11(9)6-19(17)7-1-2-10(14)8(5-7)12(15)16/h1-5H,6H2,(H,15,16). The molecular formula is C12H8BrFO3S2. The molecule has 2 aromatic rings. The van der Waals surface area contributed by atoms with Crippen LogP contribution < -0.4 is 0 Å². The van der Waals surface area contributed by atoms with E-state index in [0.29, 0.717) is 4.90 Å². The van der Waals surface area contributed by atoms with Crippen molar-refractivity contribution in [3.63, 3.8) is 0 Å². The minimum atomic E-state index is -1.41. The number of carboxylic acid groups (broad SMARTS) is 1. The monoisotopic (exact) mass is 362 g/mol. The van der Waals surface area contributed by atoms with E-state index in [2.05, 4.69) is 15.9 Å². The molecule has 3 nitrogen and oxygen atoms in total. The Morgan fingerprint density at radius 2 is 2.16 bits per heavy atom. The maximum absolute atomic E-state index is 13.2. The molecule has 0 radical (unpaired) electrons. The number of thiophene rings is 1. The second-order valence-corrected chi connectivity index (χ2v) is 6.93. The first-order valence-electron chi connectivity index (χ1n) is 5.12. The summed E-state index contributed by atoms with van der Waals surface area (Å²) in [5.41, 5.74) is -0.462. The third kappa shape index (κ3) is 3.29. The highest BCUT2D eigenvalue weighted by Gasteiger charge is 2.15. The van der Waals surface area contributed by atoms with Gasteiger partial charge < -0.3 is 5.11 Å². The van der Waals surface area contributed by atoms with Crippen LogP contribution in [0.4, 0.5) is 4.39 Å². The summed E-state index contributed by atoms with van der Waals surface area (Å²) >= 11 is 4.79. The number of hydrogen-bond acceptors (Lipinski definition) is 3. The zero-order valence-corrected chi connectivity index (χ0v) is 12.6. The highest BCUT2D eigenvalue weighted by atomic mass is 79.9. The highest BCUT2D eigenvalue weighted by molar-refractivity contribution is 9.10. The largest absolute Gasteiger partial charge is 0.478 e. The summed E-state index contributed by atoms with van der Waals surface area (Å²) in [5.74, 6) is -1.93. The molecule has 2 rings (SSSR count). The lowest BCUT2D eigenvalue weighted by Crippen LogP contribution is -2.03. The lowest BCUT2D eigenvalue weighted by atomic mass is 10.2. The molecule has 0 bridgehead atoms. The number of benzene rings is 1. The summed E-state index contributed by atoms with van der Waals surface area (Å²) in [7, 11) is -1.41. The molecule has 0 saturated heterocycles. The molecule has 0 aliphatic heterocycles. The molecule has 1 N–H and O–H groups in total. The van der Waals surface area contributed by atoms with Gasteiger partial charge in [-0.05, 0) is 45.6 Å². The quantitative estimate of drug-likeness (QED) is 0.902. The molecule has 0 aliphatic rings. The summed E-state index contributed by atoms with van der Waals surface area (Å²) in [6.07, 6.45) is 0. The normalized spacial score (nSPS) is 12.3. The minimum absolute atomic E-state index is 0.267. The lowest BCUT2D eigenvalue weighted by molar-refractivity contribution is 0.0691. The van der Waals surface area contributed by atoms with Crippen LogP contribution in [0.25, 0.3) is 0 Å². The van der Waals surface area contributed by atoms with E-state index in [1.54, 1.807) is 0 Å². The molecule has 1 atom stereocenters. The maximum Gasteiger partial charge on any atom is 0.338 e. The van der Waals surface area contributed by atoms with E-state index in [1.165, 1.54) is 17.4 Å². The van der Waals surface area contributed by atoms with Crippen LogP contribution in [0.1, 0.15) is 15.2 Å². The van der Waals surface area contributed by atoms with Gasteiger partial charge in [-0.2, -0.15) is 0 Å². The SMILES string of the molecule is O=C(O)c1cc(S(=O)Cc2sccc2Br)ccc1F. The predicted octanol–water partition coefficient (Wildman–Crippen LogP) is 3.66. The first-order chi connectivity index (χ1) is 8.99. The zero-order chi connectivity index (χ0) is 14.0. The van der Waals surface area contributed by atoms with Gasteiger partial charge in [-0.3, -0.25) is 4.21 Å². The number of aromatic carboxylic acids is 1. The van der Waals surface area contributed by atoms with Crippen LogP contribution in [0.3, 0.4) is 0 Å². The molecule has 0 amide bonds. The Kier molecular flexibility index (Phi) is 4.49. The van der Waals surface area contributed by atoms with Gasteiger partial charge in [0.2, 0.25) is 0 Å². The third-order valence-electron chi connectivity index (χ3n) is 2.38. The lowest BCUT2D eigenvalue weighted by Gasteiger charge is -2.04. The third-order valence-corrected chi connectivity index (χ3v) is 5.82. The molecule has 1 unspecified atom stereocenters.